The van der Waals surface area contributed by atoms with Crippen molar-refractivity contribution in [3.05, 3.63) is 18.2 Å². The molecule has 2 aliphatic heterocycles. The first-order chi connectivity index (χ1) is 13.3. The Morgan fingerprint density at radius 3 is 2.14 bits per heavy atom. The molecule has 2 heterocycles. The van der Waals surface area contributed by atoms with Gasteiger partial charge in [-0.1, -0.05) is 0 Å². The summed E-state index contributed by atoms with van der Waals surface area (Å²) in [5.41, 5.74) is 7.37. The van der Waals surface area contributed by atoms with Crippen molar-refractivity contribution in [1.82, 2.24) is 4.90 Å². The van der Waals surface area contributed by atoms with Gasteiger partial charge in [-0.15, -0.1) is 0 Å². The van der Waals surface area contributed by atoms with E-state index in [0.29, 0.717) is 31.9 Å². The Kier molecular flexibility index (Phi) is 5.56. The molecular formula is C21H34BN3O4. The highest BCUT2D eigenvalue weighted by Gasteiger charge is 2.52. The minimum Gasteiger partial charge on any atom is -0.444 e. The number of carbonyl (C=O) groups excluding carboxylic acids is 1. The molecule has 160 valence electrons. The van der Waals surface area contributed by atoms with E-state index in [4.69, 9.17) is 19.8 Å². The summed E-state index contributed by atoms with van der Waals surface area (Å²) in [4.78, 5) is 16.4. The van der Waals surface area contributed by atoms with Gasteiger partial charge in [0, 0.05) is 43.0 Å². The predicted molar refractivity (Wildman–Crippen MR) is 117 cm³/mol. The second-order valence-electron chi connectivity index (χ2n) is 9.86. The molecule has 2 fully saturated rings. The van der Waals surface area contributed by atoms with Gasteiger partial charge in [-0.05, 0) is 66.7 Å². The summed E-state index contributed by atoms with van der Waals surface area (Å²) in [6.07, 6.45) is -0.263. The van der Waals surface area contributed by atoms with Crippen LogP contribution in [-0.4, -0.2) is 61.1 Å². The van der Waals surface area contributed by atoms with E-state index in [0.717, 1.165) is 11.2 Å². The Morgan fingerprint density at radius 1 is 1.07 bits per heavy atom. The molecule has 8 heteroatoms. The second-order valence-corrected chi connectivity index (χ2v) is 9.86. The van der Waals surface area contributed by atoms with Crippen LogP contribution in [0.3, 0.4) is 0 Å². The number of nitrogens with two attached hydrogens (primary N) is 1. The summed E-state index contributed by atoms with van der Waals surface area (Å²) < 4.78 is 18.0. The molecule has 1 aromatic rings. The highest BCUT2D eigenvalue weighted by atomic mass is 16.7. The fourth-order valence-corrected chi connectivity index (χ4v) is 3.48. The maximum Gasteiger partial charge on any atom is 0.497 e. The first kappa shape index (κ1) is 21.8. The zero-order chi connectivity index (χ0) is 21.6. The number of amides is 1. The van der Waals surface area contributed by atoms with E-state index >= 15 is 0 Å². The minimum atomic E-state index is -0.491. The van der Waals surface area contributed by atoms with Crippen molar-refractivity contribution < 1.29 is 18.8 Å². The van der Waals surface area contributed by atoms with Crippen molar-refractivity contribution in [2.75, 3.05) is 36.8 Å². The highest BCUT2D eigenvalue weighted by Crippen LogP contribution is 2.37. The molecule has 0 saturated carbocycles. The molecule has 0 spiro atoms. The number of carbonyl (C=O) groups is 1. The van der Waals surface area contributed by atoms with Gasteiger partial charge in [-0.3, -0.25) is 0 Å². The van der Waals surface area contributed by atoms with Gasteiger partial charge < -0.3 is 29.6 Å². The van der Waals surface area contributed by atoms with E-state index in [2.05, 4.69) is 4.90 Å². The third-order valence-corrected chi connectivity index (χ3v) is 5.83. The number of hydrogen-bond acceptors (Lipinski definition) is 6. The number of ether oxygens (including phenoxy) is 1. The van der Waals surface area contributed by atoms with E-state index in [1.54, 1.807) is 4.90 Å². The molecule has 0 unspecified atom stereocenters. The van der Waals surface area contributed by atoms with Crippen LogP contribution >= 0.6 is 0 Å². The zero-order valence-electron chi connectivity index (χ0n) is 18.7. The predicted octanol–water partition coefficient (Wildman–Crippen LogP) is 2.63. The monoisotopic (exact) mass is 403 g/mol. The molecule has 7 nitrogen and oxygen atoms in total. The average molecular weight is 403 g/mol. The fourth-order valence-electron chi connectivity index (χ4n) is 3.48. The number of piperazine rings is 1. The summed E-state index contributed by atoms with van der Waals surface area (Å²) in [5, 5.41) is 0. The Balaban J connectivity index is 1.76. The second kappa shape index (κ2) is 7.40. The Morgan fingerprint density at radius 2 is 1.62 bits per heavy atom. The molecule has 1 amide bonds. The lowest BCUT2D eigenvalue weighted by Crippen LogP contribution is -2.52. The van der Waals surface area contributed by atoms with Crippen LogP contribution in [0.1, 0.15) is 48.5 Å². The molecule has 0 aromatic heterocycles. The number of benzene rings is 1. The third kappa shape index (κ3) is 4.64. The standard InChI is InChI=1S/C21H34BN3O4/c1-19(2,3)27-18(26)25-12-10-24(11-13-25)17-9-8-15(23)14-16(17)22-28-20(4,5)21(6,7)29-22/h8-9,14H,10-13,23H2,1-7H3. The highest BCUT2D eigenvalue weighted by molar-refractivity contribution is 6.64. The van der Waals surface area contributed by atoms with Gasteiger partial charge in [0.25, 0.3) is 0 Å². The third-order valence-electron chi connectivity index (χ3n) is 5.83. The van der Waals surface area contributed by atoms with Crippen LogP contribution in [0, 0.1) is 0 Å². The molecule has 29 heavy (non-hydrogen) atoms. The van der Waals surface area contributed by atoms with Crippen LogP contribution in [-0.2, 0) is 14.0 Å². The molecule has 0 radical (unpaired) electrons. The largest absolute Gasteiger partial charge is 0.497 e. The van der Waals surface area contributed by atoms with Crippen molar-refractivity contribution >= 4 is 30.0 Å². The molecule has 3 rings (SSSR count). The van der Waals surface area contributed by atoms with Crippen LogP contribution in [0.15, 0.2) is 18.2 Å². The lowest BCUT2D eigenvalue weighted by atomic mass is 9.77. The number of rotatable bonds is 2. The summed E-state index contributed by atoms with van der Waals surface area (Å²) in [7, 11) is -0.484. The summed E-state index contributed by atoms with van der Waals surface area (Å²) in [6.45, 7) is 16.4. The fraction of sp³-hybridized carbons (Fsp3) is 0.667. The molecule has 2 aliphatic rings. The van der Waals surface area contributed by atoms with E-state index in [-0.39, 0.29) is 6.09 Å². The SMILES string of the molecule is CC(C)(C)OC(=O)N1CCN(c2ccc(N)cc2B2OC(C)(C)C(C)(C)O2)CC1. The van der Waals surface area contributed by atoms with Crippen LogP contribution in [0.2, 0.25) is 0 Å². The van der Waals surface area contributed by atoms with Gasteiger partial charge >= 0.3 is 13.2 Å². The van der Waals surface area contributed by atoms with Gasteiger partial charge in [0.15, 0.2) is 0 Å². The van der Waals surface area contributed by atoms with E-state index in [1.165, 1.54) is 0 Å². The maximum absolute atomic E-state index is 12.3. The molecule has 0 aliphatic carbocycles. The molecular weight excluding hydrogens is 369 g/mol. The summed E-state index contributed by atoms with van der Waals surface area (Å²) >= 11 is 0. The first-order valence-electron chi connectivity index (χ1n) is 10.3. The molecule has 0 atom stereocenters. The number of nitrogen functional groups attached to an aromatic ring is 1. The van der Waals surface area contributed by atoms with Crippen molar-refractivity contribution in [2.45, 2.75) is 65.3 Å². The number of anilines is 2. The normalized spacial score (nSPS) is 21.4. The van der Waals surface area contributed by atoms with Crippen LogP contribution in [0.5, 0.6) is 0 Å². The van der Waals surface area contributed by atoms with Crippen LogP contribution in [0.4, 0.5) is 16.2 Å². The van der Waals surface area contributed by atoms with Crippen LogP contribution < -0.4 is 16.1 Å². The summed E-state index contributed by atoms with van der Waals surface area (Å²) in [5.74, 6) is 0. The van der Waals surface area contributed by atoms with Crippen molar-refractivity contribution in [3.63, 3.8) is 0 Å². The Bertz CT molecular complexity index is 752. The van der Waals surface area contributed by atoms with Crippen molar-refractivity contribution in [2.24, 2.45) is 0 Å². The van der Waals surface area contributed by atoms with Crippen molar-refractivity contribution in [3.8, 4) is 0 Å². The smallest absolute Gasteiger partial charge is 0.444 e. The van der Waals surface area contributed by atoms with Gasteiger partial charge in [-0.2, -0.15) is 0 Å². The molecule has 2 saturated heterocycles. The molecule has 1 aromatic carbocycles. The summed E-state index contributed by atoms with van der Waals surface area (Å²) in [6, 6.07) is 5.83. The lowest BCUT2D eigenvalue weighted by Gasteiger charge is -2.37. The zero-order valence-corrected chi connectivity index (χ0v) is 18.7. The first-order valence-corrected chi connectivity index (χ1v) is 10.3. The van der Waals surface area contributed by atoms with Gasteiger partial charge in [-0.25, -0.2) is 4.79 Å². The van der Waals surface area contributed by atoms with Gasteiger partial charge in [0.05, 0.1) is 11.2 Å². The van der Waals surface area contributed by atoms with Gasteiger partial charge in [0.1, 0.15) is 5.60 Å². The number of hydrogen-bond donors (Lipinski definition) is 1. The topological polar surface area (TPSA) is 77.3 Å². The quantitative estimate of drug-likeness (QED) is 0.604. The van der Waals surface area contributed by atoms with Crippen LogP contribution in [0.25, 0.3) is 0 Å². The minimum absolute atomic E-state index is 0.263. The van der Waals surface area contributed by atoms with Crippen molar-refractivity contribution in [1.29, 1.82) is 0 Å². The Labute approximate surface area is 174 Å². The maximum atomic E-state index is 12.3. The molecule has 2 N–H and O–H groups in total. The van der Waals surface area contributed by atoms with E-state index < -0.39 is 23.9 Å². The van der Waals surface area contributed by atoms with E-state index in [9.17, 15) is 4.79 Å². The van der Waals surface area contributed by atoms with Gasteiger partial charge in [0.2, 0.25) is 0 Å². The lowest BCUT2D eigenvalue weighted by molar-refractivity contribution is 0.00578. The number of nitrogens with zero attached hydrogens (tertiary/aromatic N) is 2. The average Bonchev–Trinajstić information content (AvgIpc) is 2.81. The Hall–Kier alpha value is -1.93. The van der Waals surface area contributed by atoms with E-state index in [1.807, 2.05) is 66.7 Å². The molecule has 0 bridgehead atoms.